The normalized spacial score (nSPS) is 16.9. The van der Waals surface area contributed by atoms with E-state index < -0.39 is 0 Å². The van der Waals surface area contributed by atoms with E-state index in [1.807, 2.05) is 25.7 Å². The van der Waals surface area contributed by atoms with Crippen LogP contribution in [0.4, 0.5) is 10.5 Å². The molecule has 3 amide bonds. The predicted molar refractivity (Wildman–Crippen MR) is 94.2 cm³/mol. The third kappa shape index (κ3) is 5.23. The molecule has 1 aromatic carbocycles. The SMILES string of the molecule is CCN(C[C@H]1CCOC1)C(=O)c1ccc(NC(=O)NC(C)C)cc1. The highest BCUT2D eigenvalue weighted by Crippen LogP contribution is 2.17. The van der Waals surface area contributed by atoms with Crippen LogP contribution in [0.2, 0.25) is 0 Å². The van der Waals surface area contributed by atoms with Crippen LogP contribution in [-0.4, -0.2) is 49.2 Å². The van der Waals surface area contributed by atoms with Crippen LogP contribution in [0.5, 0.6) is 0 Å². The summed E-state index contributed by atoms with van der Waals surface area (Å²) in [7, 11) is 0. The average molecular weight is 333 g/mol. The molecule has 0 bridgehead atoms. The maximum atomic E-state index is 12.6. The lowest BCUT2D eigenvalue weighted by Crippen LogP contribution is -2.35. The quantitative estimate of drug-likeness (QED) is 0.841. The first-order valence-electron chi connectivity index (χ1n) is 8.54. The Hall–Kier alpha value is -2.08. The number of nitrogens with zero attached hydrogens (tertiary/aromatic N) is 1. The zero-order valence-electron chi connectivity index (χ0n) is 14.7. The van der Waals surface area contributed by atoms with E-state index in [-0.39, 0.29) is 18.0 Å². The highest BCUT2D eigenvalue weighted by molar-refractivity contribution is 5.95. The fourth-order valence-electron chi connectivity index (χ4n) is 2.70. The first-order chi connectivity index (χ1) is 11.5. The molecule has 24 heavy (non-hydrogen) atoms. The van der Waals surface area contributed by atoms with Crippen LogP contribution in [0, 0.1) is 5.92 Å². The molecule has 2 rings (SSSR count). The Bertz CT molecular complexity index is 551. The Morgan fingerprint density at radius 2 is 2.00 bits per heavy atom. The van der Waals surface area contributed by atoms with Crippen molar-refractivity contribution in [2.45, 2.75) is 33.2 Å². The summed E-state index contributed by atoms with van der Waals surface area (Å²) in [5.41, 5.74) is 1.29. The molecule has 1 atom stereocenters. The van der Waals surface area contributed by atoms with Gasteiger partial charge in [-0.2, -0.15) is 0 Å². The van der Waals surface area contributed by atoms with Crippen molar-refractivity contribution in [3.8, 4) is 0 Å². The molecule has 2 N–H and O–H groups in total. The Kier molecular flexibility index (Phi) is 6.61. The van der Waals surface area contributed by atoms with Gasteiger partial charge in [0.1, 0.15) is 0 Å². The van der Waals surface area contributed by atoms with Gasteiger partial charge in [0.2, 0.25) is 0 Å². The van der Waals surface area contributed by atoms with Gasteiger partial charge in [0.15, 0.2) is 0 Å². The second-order valence-corrected chi connectivity index (χ2v) is 6.40. The van der Waals surface area contributed by atoms with Crippen LogP contribution in [0.25, 0.3) is 0 Å². The molecule has 1 heterocycles. The number of hydrogen-bond acceptors (Lipinski definition) is 3. The highest BCUT2D eigenvalue weighted by atomic mass is 16.5. The van der Waals surface area contributed by atoms with E-state index in [0.29, 0.717) is 23.7 Å². The fourth-order valence-corrected chi connectivity index (χ4v) is 2.70. The van der Waals surface area contributed by atoms with Crippen LogP contribution in [0.1, 0.15) is 37.6 Å². The number of carbonyl (C=O) groups is 2. The summed E-state index contributed by atoms with van der Waals surface area (Å²) < 4.78 is 5.38. The van der Waals surface area contributed by atoms with E-state index in [1.165, 1.54) is 0 Å². The first-order valence-corrected chi connectivity index (χ1v) is 8.54. The van der Waals surface area contributed by atoms with Crippen molar-refractivity contribution in [3.63, 3.8) is 0 Å². The summed E-state index contributed by atoms with van der Waals surface area (Å²) >= 11 is 0. The molecule has 0 aromatic heterocycles. The van der Waals surface area contributed by atoms with Crippen molar-refractivity contribution >= 4 is 17.6 Å². The second-order valence-electron chi connectivity index (χ2n) is 6.40. The maximum absolute atomic E-state index is 12.6. The number of ether oxygens (including phenoxy) is 1. The van der Waals surface area contributed by atoms with Gasteiger partial charge in [-0.3, -0.25) is 4.79 Å². The lowest BCUT2D eigenvalue weighted by Gasteiger charge is -2.24. The minimum Gasteiger partial charge on any atom is -0.381 e. The lowest BCUT2D eigenvalue weighted by atomic mass is 10.1. The van der Waals surface area contributed by atoms with Crippen molar-refractivity contribution in [3.05, 3.63) is 29.8 Å². The number of amides is 3. The monoisotopic (exact) mass is 333 g/mol. The van der Waals surface area contributed by atoms with Crippen LogP contribution in [0.15, 0.2) is 24.3 Å². The molecular weight excluding hydrogens is 306 g/mol. The van der Waals surface area contributed by atoms with Gasteiger partial charge in [-0.1, -0.05) is 0 Å². The zero-order valence-corrected chi connectivity index (χ0v) is 14.7. The molecule has 0 saturated carbocycles. The molecule has 1 aliphatic heterocycles. The zero-order chi connectivity index (χ0) is 17.5. The van der Waals surface area contributed by atoms with Crippen LogP contribution < -0.4 is 10.6 Å². The fraction of sp³-hybridized carbons (Fsp3) is 0.556. The Morgan fingerprint density at radius 1 is 1.29 bits per heavy atom. The molecule has 0 unspecified atom stereocenters. The van der Waals surface area contributed by atoms with Crippen LogP contribution in [-0.2, 0) is 4.74 Å². The number of rotatable bonds is 6. The standard InChI is InChI=1S/C18H27N3O3/c1-4-21(11-14-9-10-24-12-14)17(22)15-5-7-16(8-6-15)20-18(23)19-13(2)3/h5-8,13-14H,4,9-12H2,1-3H3,(H2,19,20,23)/t14-/m1/s1. The van der Waals surface area contributed by atoms with Gasteiger partial charge in [0, 0.05) is 42.9 Å². The van der Waals surface area contributed by atoms with Crippen LogP contribution >= 0.6 is 0 Å². The molecule has 6 nitrogen and oxygen atoms in total. The van der Waals surface area contributed by atoms with Crippen molar-refractivity contribution in [2.75, 3.05) is 31.6 Å². The summed E-state index contributed by atoms with van der Waals surface area (Å²) in [5.74, 6) is 0.442. The predicted octanol–water partition coefficient (Wildman–Crippen LogP) is 2.72. The first kappa shape index (κ1) is 18.3. The number of benzene rings is 1. The van der Waals surface area contributed by atoms with Gasteiger partial charge >= 0.3 is 6.03 Å². The second kappa shape index (κ2) is 8.68. The number of urea groups is 1. The summed E-state index contributed by atoms with van der Waals surface area (Å²) in [5, 5.41) is 5.51. The third-order valence-electron chi connectivity index (χ3n) is 3.98. The average Bonchev–Trinajstić information content (AvgIpc) is 3.05. The summed E-state index contributed by atoms with van der Waals surface area (Å²) in [6.45, 7) is 8.71. The number of nitrogens with one attached hydrogen (secondary N) is 2. The van der Waals surface area contributed by atoms with E-state index in [0.717, 1.165) is 26.2 Å². The Morgan fingerprint density at radius 3 is 2.54 bits per heavy atom. The van der Waals surface area contributed by atoms with Gasteiger partial charge in [0.05, 0.1) is 6.61 Å². The molecule has 1 saturated heterocycles. The van der Waals surface area contributed by atoms with E-state index in [2.05, 4.69) is 10.6 Å². The molecule has 1 aromatic rings. The third-order valence-corrected chi connectivity index (χ3v) is 3.98. The molecule has 1 aliphatic rings. The molecule has 0 spiro atoms. The summed E-state index contributed by atoms with van der Waals surface area (Å²) in [6, 6.07) is 6.82. The van der Waals surface area contributed by atoms with Crippen LogP contribution in [0.3, 0.4) is 0 Å². The van der Waals surface area contributed by atoms with E-state index in [4.69, 9.17) is 4.74 Å². The Labute approximate surface area is 143 Å². The van der Waals surface area contributed by atoms with Gasteiger partial charge in [-0.25, -0.2) is 4.79 Å². The maximum Gasteiger partial charge on any atom is 0.319 e. The topological polar surface area (TPSA) is 70.7 Å². The van der Waals surface area contributed by atoms with Crippen molar-refractivity contribution in [1.82, 2.24) is 10.2 Å². The summed E-state index contributed by atoms with van der Waals surface area (Å²) in [6.07, 6.45) is 1.01. The number of carbonyl (C=O) groups excluding carboxylic acids is 2. The molecule has 0 radical (unpaired) electrons. The van der Waals surface area contributed by atoms with E-state index >= 15 is 0 Å². The molecule has 6 heteroatoms. The van der Waals surface area contributed by atoms with E-state index in [1.54, 1.807) is 24.3 Å². The molecule has 1 fully saturated rings. The Balaban J connectivity index is 1.95. The lowest BCUT2D eigenvalue weighted by molar-refractivity contribution is 0.0731. The van der Waals surface area contributed by atoms with Gasteiger partial charge in [0.25, 0.3) is 5.91 Å². The number of anilines is 1. The largest absolute Gasteiger partial charge is 0.381 e. The van der Waals surface area contributed by atoms with Gasteiger partial charge in [-0.05, 0) is 51.5 Å². The minimum atomic E-state index is -0.250. The minimum absolute atomic E-state index is 0.0163. The van der Waals surface area contributed by atoms with E-state index in [9.17, 15) is 9.59 Å². The summed E-state index contributed by atoms with van der Waals surface area (Å²) in [4.78, 5) is 26.2. The number of hydrogen-bond donors (Lipinski definition) is 2. The van der Waals surface area contributed by atoms with Crippen molar-refractivity contribution in [1.29, 1.82) is 0 Å². The van der Waals surface area contributed by atoms with Gasteiger partial charge < -0.3 is 20.3 Å². The van der Waals surface area contributed by atoms with Crippen molar-refractivity contribution < 1.29 is 14.3 Å². The smallest absolute Gasteiger partial charge is 0.319 e. The highest BCUT2D eigenvalue weighted by Gasteiger charge is 2.22. The van der Waals surface area contributed by atoms with Gasteiger partial charge in [-0.15, -0.1) is 0 Å². The molecular formula is C18H27N3O3. The van der Waals surface area contributed by atoms with Crippen molar-refractivity contribution in [2.24, 2.45) is 5.92 Å². The molecule has 0 aliphatic carbocycles. The molecule has 132 valence electrons.